The molecule has 2 heterocycles. The molecule has 1 saturated heterocycles. The molecule has 0 aliphatic carbocycles. The van der Waals surface area contributed by atoms with Crippen molar-refractivity contribution in [2.24, 2.45) is 0 Å². The Morgan fingerprint density at radius 3 is 2.93 bits per heavy atom. The van der Waals surface area contributed by atoms with Crippen molar-refractivity contribution in [3.8, 4) is 0 Å². The highest BCUT2D eigenvalue weighted by molar-refractivity contribution is 6.31. The van der Waals surface area contributed by atoms with Gasteiger partial charge in [-0.2, -0.15) is 0 Å². The monoisotopic (exact) mass is 386 g/mol. The van der Waals surface area contributed by atoms with Gasteiger partial charge in [0.1, 0.15) is 11.6 Å². The Balaban J connectivity index is 1.62. The summed E-state index contributed by atoms with van der Waals surface area (Å²) in [6.07, 6.45) is 1.77. The molecule has 1 aromatic heterocycles. The second-order valence-electron chi connectivity index (χ2n) is 6.61. The lowest BCUT2D eigenvalue weighted by Gasteiger charge is -2.25. The van der Waals surface area contributed by atoms with Crippen LogP contribution in [-0.2, 0) is 6.54 Å². The van der Waals surface area contributed by atoms with E-state index in [1.807, 2.05) is 18.2 Å². The fourth-order valence-electron chi connectivity index (χ4n) is 3.73. The first-order valence-electron chi connectivity index (χ1n) is 9.06. The second-order valence-corrected chi connectivity index (χ2v) is 7.02. The van der Waals surface area contributed by atoms with Crippen LogP contribution >= 0.6 is 11.6 Å². The van der Waals surface area contributed by atoms with Gasteiger partial charge in [0.25, 0.3) is 0 Å². The lowest BCUT2D eigenvalue weighted by molar-refractivity contribution is 0.204. The molecule has 0 saturated carbocycles. The number of carbonyl (C=O) groups is 1. The number of likely N-dealkylation sites (tertiary alicyclic amines) is 1. The number of aromatic nitrogens is 2. The van der Waals surface area contributed by atoms with Crippen LogP contribution in [0, 0.1) is 5.82 Å². The summed E-state index contributed by atoms with van der Waals surface area (Å²) in [5, 5.41) is 2.81. The SMILES string of the molecule is CCn1c(C2CCCN2C(=O)Nc2ccc(F)c(Cl)c2)nc2ccccc21. The van der Waals surface area contributed by atoms with Crippen molar-refractivity contribution >= 4 is 34.4 Å². The Bertz CT molecular complexity index is 1000. The zero-order chi connectivity index (χ0) is 19.0. The average molecular weight is 387 g/mol. The highest BCUT2D eigenvalue weighted by atomic mass is 35.5. The number of hydrogen-bond donors (Lipinski definition) is 1. The third-order valence-corrected chi connectivity index (χ3v) is 5.27. The Labute approximate surface area is 161 Å². The van der Waals surface area contributed by atoms with Gasteiger partial charge in [-0.1, -0.05) is 23.7 Å². The Morgan fingerprint density at radius 2 is 2.15 bits per heavy atom. The van der Waals surface area contributed by atoms with Gasteiger partial charge in [-0.05, 0) is 50.1 Å². The largest absolute Gasteiger partial charge is 0.327 e. The van der Waals surface area contributed by atoms with E-state index in [2.05, 4.69) is 22.9 Å². The number of hydrogen-bond acceptors (Lipinski definition) is 2. The highest BCUT2D eigenvalue weighted by Crippen LogP contribution is 2.34. The molecule has 0 spiro atoms. The molecule has 1 fully saturated rings. The number of anilines is 1. The van der Waals surface area contributed by atoms with Gasteiger partial charge >= 0.3 is 6.03 Å². The Kier molecular flexibility index (Phi) is 4.74. The molecule has 2 amide bonds. The maximum Gasteiger partial charge on any atom is 0.322 e. The number of benzene rings is 2. The molecule has 0 bridgehead atoms. The van der Waals surface area contributed by atoms with Crippen molar-refractivity contribution in [3.63, 3.8) is 0 Å². The molecule has 0 radical (unpaired) electrons. The fourth-order valence-corrected chi connectivity index (χ4v) is 3.91. The summed E-state index contributed by atoms with van der Waals surface area (Å²) in [7, 11) is 0. The lowest BCUT2D eigenvalue weighted by atomic mass is 10.2. The minimum atomic E-state index is -0.509. The predicted octanol–water partition coefficient (Wildman–Crippen LogP) is 5.22. The van der Waals surface area contributed by atoms with E-state index in [0.717, 1.165) is 36.2 Å². The molecule has 1 atom stereocenters. The van der Waals surface area contributed by atoms with Crippen molar-refractivity contribution in [3.05, 3.63) is 59.1 Å². The van der Waals surface area contributed by atoms with E-state index in [1.165, 1.54) is 18.2 Å². The molecule has 27 heavy (non-hydrogen) atoms. The molecule has 1 unspecified atom stereocenters. The normalized spacial score (nSPS) is 16.9. The van der Waals surface area contributed by atoms with Crippen LogP contribution in [0.15, 0.2) is 42.5 Å². The number of amides is 2. The maximum absolute atomic E-state index is 13.3. The van der Waals surface area contributed by atoms with Gasteiger partial charge in [-0.3, -0.25) is 0 Å². The number of rotatable bonds is 3. The molecule has 1 N–H and O–H groups in total. The average Bonchev–Trinajstić information content (AvgIpc) is 3.28. The Morgan fingerprint density at radius 1 is 1.33 bits per heavy atom. The smallest absolute Gasteiger partial charge is 0.322 e. The molecular formula is C20H20ClFN4O. The van der Waals surface area contributed by atoms with Gasteiger partial charge in [0, 0.05) is 18.8 Å². The van der Waals surface area contributed by atoms with Gasteiger partial charge in [0.2, 0.25) is 0 Å². The summed E-state index contributed by atoms with van der Waals surface area (Å²) in [4.78, 5) is 19.4. The van der Waals surface area contributed by atoms with Crippen molar-refractivity contribution < 1.29 is 9.18 Å². The summed E-state index contributed by atoms with van der Waals surface area (Å²) in [5.41, 5.74) is 2.49. The molecule has 1 aliphatic rings. The molecule has 3 aromatic rings. The summed E-state index contributed by atoms with van der Waals surface area (Å²) >= 11 is 5.81. The molecule has 5 nitrogen and oxygen atoms in total. The number of aryl methyl sites for hydroxylation is 1. The third kappa shape index (κ3) is 3.25. The molecule has 1 aliphatic heterocycles. The summed E-state index contributed by atoms with van der Waals surface area (Å²) in [6, 6.07) is 11.9. The van der Waals surface area contributed by atoms with Crippen LogP contribution in [0.4, 0.5) is 14.9 Å². The standard InChI is InChI=1S/C20H20ClFN4O/c1-2-25-17-7-4-3-6-16(17)24-19(25)18-8-5-11-26(18)20(27)23-13-9-10-15(22)14(21)12-13/h3-4,6-7,9-10,12,18H,2,5,8,11H2,1H3,(H,23,27). The summed E-state index contributed by atoms with van der Waals surface area (Å²) < 4.78 is 15.5. The molecule has 7 heteroatoms. The molecular weight excluding hydrogens is 367 g/mol. The first-order chi connectivity index (χ1) is 13.1. The number of nitrogens with zero attached hydrogens (tertiary/aromatic N) is 3. The van der Waals surface area contributed by atoms with Gasteiger partial charge in [0.05, 0.1) is 22.1 Å². The van der Waals surface area contributed by atoms with Gasteiger partial charge < -0.3 is 14.8 Å². The minimum absolute atomic E-state index is 0.0152. The van der Waals surface area contributed by atoms with Crippen molar-refractivity contribution in [2.45, 2.75) is 32.4 Å². The van der Waals surface area contributed by atoms with E-state index < -0.39 is 5.82 Å². The van der Waals surface area contributed by atoms with E-state index >= 15 is 0 Å². The molecule has 4 rings (SSSR count). The van der Waals surface area contributed by atoms with Gasteiger partial charge in [0.15, 0.2) is 0 Å². The number of halogens is 2. The van der Waals surface area contributed by atoms with E-state index in [0.29, 0.717) is 12.2 Å². The van der Waals surface area contributed by atoms with Crippen LogP contribution < -0.4 is 5.32 Å². The number of carbonyl (C=O) groups excluding carboxylic acids is 1. The van der Waals surface area contributed by atoms with Crippen LogP contribution in [0.3, 0.4) is 0 Å². The number of para-hydroxylation sites is 2. The van der Waals surface area contributed by atoms with Crippen molar-refractivity contribution in [1.82, 2.24) is 14.5 Å². The molecule has 140 valence electrons. The van der Waals surface area contributed by atoms with Crippen molar-refractivity contribution in [2.75, 3.05) is 11.9 Å². The number of fused-ring (bicyclic) bond motifs is 1. The summed E-state index contributed by atoms with van der Waals surface area (Å²) in [5.74, 6) is 0.397. The first-order valence-corrected chi connectivity index (χ1v) is 9.44. The van der Waals surface area contributed by atoms with Crippen LogP contribution in [-0.4, -0.2) is 27.0 Å². The minimum Gasteiger partial charge on any atom is -0.327 e. The van der Waals surface area contributed by atoms with E-state index in [4.69, 9.17) is 16.6 Å². The number of urea groups is 1. The fraction of sp³-hybridized carbons (Fsp3) is 0.300. The maximum atomic E-state index is 13.3. The van der Waals surface area contributed by atoms with Gasteiger partial charge in [-0.25, -0.2) is 14.2 Å². The highest BCUT2D eigenvalue weighted by Gasteiger charge is 2.33. The molecule has 2 aromatic carbocycles. The predicted molar refractivity (Wildman–Crippen MR) is 105 cm³/mol. The zero-order valence-corrected chi connectivity index (χ0v) is 15.7. The van der Waals surface area contributed by atoms with E-state index in [9.17, 15) is 9.18 Å². The topological polar surface area (TPSA) is 50.2 Å². The lowest BCUT2D eigenvalue weighted by Crippen LogP contribution is -2.35. The second kappa shape index (κ2) is 7.19. The van der Waals surface area contributed by atoms with Crippen LogP contribution in [0.25, 0.3) is 11.0 Å². The Hall–Kier alpha value is -2.60. The summed E-state index contributed by atoms with van der Waals surface area (Å²) in [6.45, 7) is 3.52. The van der Waals surface area contributed by atoms with E-state index in [-0.39, 0.29) is 17.1 Å². The zero-order valence-electron chi connectivity index (χ0n) is 15.0. The van der Waals surface area contributed by atoms with Crippen LogP contribution in [0.1, 0.15) is 31.6 Å². The van der Waals surface area contributed by atoms with Crippen LogP contribution in [0.2, 0.25) is 5.02 Å². The van der Waals surface area contributed by atoms with E-state index in [1.54, 1.807) is 4.90 Å². The quantitative estimate of drug-likeness (QED) is 0.671. The number of imidazole rings is 1. The third-order valence-electron chi connectivity index (χ3n) is 4.98. The van der Waals surface area contributed by atoms with Crippen LogP contribution in [0.5, 0.6) is 0 Å². The van der Waals surface area contributed by atoms with Crippen molar-refractivity contribution in [1.29, 1.82) is 0 Å². The van der Waals surface area contributed by atoms with Gasteiger partial charge in [-0.15, -0.1) is 0 Å². The first kappa shape index (κ1) is 17.8. The number of nitrogens with one attached hydrogen (secondary N) is 1.